The number of halogens is 3. The average molecular weight is 552 g/mol. The Morgan fingerprint density at radius 1 is 1.13 bits per heavy atom. The van der Waals surface area contributed by atoms with Crippen LogP contribution in [0.15, 0.2) is 48.7 Å². The predicted octanol–water partition coefficient (Wildman–Crippen LogP) is 5.83. The van der Waals surface area contributed by atoms with E-state index in [1.54, 1.807) is 18.2 Å². The van der Waals surface area contributed by atoms with Crippen molar-refractivity contribution in [3.05, 3.63) is 70.2 Å². The van der Waals surface area contributed by atoms with Crippen molar-refractivity contribution >= 4 is 39.7 Å². The Morgan fingerprint density at radius 2 is 1.84 bits per heavy atom. The lowest BCUT2D eigenvalue weighted by molar-refractivity contribution is -0.137. The third-order valence-electron chi connectivity index (χ3n) is 5.53. The molecule has 0 saturated carbocycles. The lowest BCUT2D eigenvalue weighted by atomic mass is 10.1. The molecule has 0 aliphatic rings. The molecule has 5 N–H and O–H groups in total. The first-order valence-corrected chi connectivity index (χ1v) is 12.8. The summed E-state index contributed by atoms with van der Waals surface area (Å²) in [6.07, 6.45) is -2.06. The highest BCUT2D eigenvalue weighted by atomic mass is 32.1. The first-order valence-electron chi connectivity index (χ1n) is 11.9. The summed E-state index contributed by atoms with van der Waals surface area (Å²) in [6.45, 7) is 10.1. The van der Waals surface area contributed by atoms with Crippen LogP contribution in [0.2, 0.25) is 0 Å². The Bertz CT molecular complexity index is 1210. The highest BCUT2D eigenvalue weighted by Crippen LogP contribution is 2.29. The Kier molecular flexibility index (Phi) is 11.5. The van der Waals surface area contributed by atoms with Crippen molar-refractivity contribution in [2.75, 3.05) is 42.5 Å². The van der Waals surface area contributed by atoms with E-state index in [1.807, 2.05) is 6.92 Å². The number of amides is 1. The number of carbonyl (C=O) groups excluding carboxylic acids is 1. The number of nitrogens with zero attached hydrogens (tertiary/aromatic N) is 2. The SMILES string of the molecule is CCN(CC)CCCNc1ncc(C(=O)O)s1.Cc1ccc(NC(=O)c2cccc(C(F)(F)F)c2)cc1N. The van der Waals surface area contributed by atoms with E-state index in [4.69, 9.17) is 10.8 Å². The number of alkyl halides is 3. The number of aromatic carboxylic acids is 1. The molecule has 206 valence electrons. The third-order valence-corrected chi connectivity index (χ3v) is 6.47. The van der Waals surface area contributed by atoms with Crippen molar-refractivity contribution in [3.8, 4) is 0 Å². The summed E-state index contributed by atoms with van der Waals surface area (Å²) < 4.78 is 37.8. The van der Waals surface area contributed by atoms with Crippen LogP contribution < -0.4 is 16.4 Å². The highest BCUT2D eigenvalue weighted by molar-refractivity contribution is 7.17. The number of carboxylic acid groups (broad SMARTS) is 1. The van der Waals surface area contributed by atoms with E-state index in [9.17, 15) is 22.8 Å². The molecule has 0 bridgehead atoms. The standard InChI is InChI=1S/C15H13F3N2O.C11H19N3O2S/c1-9-5-6-12(8-13(9)19)20-14(21)10-3-2-4-11(7-10)15(16,17)18;1-3-14(4-2)7-5-6-12-11-13-8-9(17-11)10(15)16/h2-8H,19H2,1H3,(H,20,21);8H,3-7H2,1-2H3,(H,12,13)(H,15,16). The molecule has 0 fully saturated rings. The second-order valence-electron chi connectivity index (χ2n) is 8.25. The van der Waals surface area contributed by atoms with Gasteiger partial charge in [-0.15, -0.1) is 0 Å². The maximum atomic E-state index is 12.6. The summed E-state index contributed by atoms with van der Waals surface area (Å²) in [7, 11) is 0. The number of nitrogen functional groups attached to an aromatic ring is 1. The minimum absolute atomic E-state index is 0.0658. The van der Waals surface area contributed by atoms with Gasteiger partial charge in [0.15, 0.2) is 5.13 Å². The van der Waals surface area contributed by atoms with Crippen molar-refractivity contribution in [2.24, 2.45) is 0 Å². The fourth-order valence-electron chi connectivity index (χ4n) is 3.25. The number of thiazole rings is 1. The summed E-state index contributed by atoms with van der Waals surface area (Å²) in [5.41, 5.74) is 6.57. The van der Waals surface area contributed by atoms with Crippen LogP contribution in [-0.4, -0.2) is 53.0 Å². The first-order chi connectivity index (χ1) is 17.9. The molecule has 1 aromatic heterocycles. The quantitative estimate of drug-likeness (QED) is 0.185. The summed E-state index contributed by atoms with van der Waals surface area (Å²) in [5.74, 6) is -1.54. The van der Waals surface area contributed by atoms with Gasteiger partial charge in [-0.3, -0.25) is 4.79 Å². The van der Waals surface area contributed by atoms with Crippen LogP contribution in [0.1, 0.15) is 51.4 Å². The molecule has 2 aromatic carbocycles. The molecule has 0 radical (unpaired) electrons. The lowest BCUT2D eigenvalue weighted by Crippen LogP contribution is -2.25. The van der Waals surface area contributed by atoms with Gasteiger partial charge in [0.1, 0.15) is 4.88 Å². The first kappa shape index (κ1) is 30.6. The van der Waals surface area contributed by atoms with Gasteiger partial charge >= 0.3 is 12.1 Å². The average Bonchev–Trinajstić information content (AvgIpc) is 3.36. The molecular formula is C26H32F3N5O3S. The van der Waals surface area contributed by atoms with Crippen LogP contribution in [0.4, 0.5) is 29.7 Å². The summed E-state index contributed by atoms with van der Waals surface area (Å²) in [5, 5.41) is 15.1. The summed E-state index contributed by atoms with van der Waals surface area (Å²) in [4.78, 5) is 29.3. The molecule has 3 aromatic rings. The van der Waals surface area contributed by atoms with Crippen LogP contribution in [0.25, 0.3) is 0 Å². The zero-order chi connectivity index (χ0) is 28.3. The van der Waals surface area contributed by atoms with Crippen LogP contribution in [0, 0.1) is 6.92 Å². The van der Waals surface area contributed by atoms with E-state index in [0.29, 0.717) is 16.5 Å². The summed E-state index contributed by atoms with van der Waals surface area (Å²) >= 11 is 1.18. The Balaban J connectivity index is 0.000000273. The number of nitrogens with one attached hydrogen (secondary N) is 2. The van der Waals surface area contributed by atoms with Crippen LogP contribution >= 0.6 is 11.3 Å². The van der Waals surface area contributed by atoms with Gasteiger partial charge in [0.25, 0.3) is 5.91 Å². The predicted molar refractivity (Wildman–Crippen MR) is 145 cm³/mol. The fourth-order valence-corrected chi connectivity index (χ4v) is 3.93. The molecule has 1 amide bonds. The van der Waals surface area contributed by atoms with Crippen molar-refractivity contribution in [2.45, 2.75) is 33.4 Å². The number of hydrogen-bond acceptors (Lipinski definition) is 7. The second-order valence-corrected chi connectivity index (χ2v) is 9.28. The number of carboxylic acids is 1. The monoisotopic (exact) mass is 551 g/mol. The molecule has 1 heterocycles. The smallest absolute Gasteiger partial charge is 0.416 e. The molecular weight excluding hydrogens is 519 g/mol. The normalized spacial score (nSPS) is 11.0. The zero-order valence-corrected chi connectivity index (χ0v) is 22.2. The number of aryl methyl sites for hydroxylation is 1. The van der Waals surface area contributed by atoms with E-state index in [-0.39, 0.29) is 10.4 Å². The number of anilines is 3. The Hall–Kier alpha value is -3.64. The number of rotatable bonds is 10. The number of hydrogen-bond donors (Lipinski definition) is 4. The topological polar surface area (TPSA) is 121 Å². The Labute approximate surface area is 223 Å². The van der Waals surface area contributed by atoms with E-state index >= 15 is 0 Å². The molecule has 0 atom stereocenters. The number of carbonyl (C=O) groups is 2. The highest BCUT2D eigenvalue weighted by Gasteiger charge is 2.30. The van der Waals surface area contributed by atoms with Gasteiger partial charge in [-0.1, -0.05) is 37.3 Å². The van der Waals surface area contributed by atoms with Gasteiger partial charge in [-0.05, 0) is 68.9 Å². The van der Waals surface area contributed by atoms with Gasteiger partial charge in [-0.25, -0.2) is 9.78 Å². The maximum absolute atomic E-state index is 12.6. The van der Waals surface area contributed by atoms with Crippen molar-refractivity contribution in [1.29, 1.82) is 0 Å². The molecule has 12 heteroatoms. The zero-order valence-electron chi connectivity index (χ0n) is 21.4. The molecule has 0 spiro atoms. The van der Waals surface area contributed by atoms with Crippen molar-refractivity contribution < 1.29 is 27.9 Å². The van der Waals surface area contributed by atoms with Gasteiger partial charge in [-0.2, -0.15) is 13.2 Å². The number of aromatic nitrogens is 1. The number of benzene rings is 2. The number of nitrogens with two attached hydrogens (primary N) is 1. The van der Waals surface area contributed by atoms with Crippen molar-refractivity contribution in [3.63, 3.8) is 0 Å². The summed E-state index contributed by atoms with van der Waals surface area (Å²) in [6, 6.07) is 9.16. The molecule has 0 aliphatic heterocycles. The van der Waals surface area contributed by atoms with Gasteiger partial charge in [0, 0.05) is 23.5 Å². The molecule has 0 unspecified atom stereocenters. The largest absolute Gasteiger partial charge is 0.477 e. The van der Waals surface area contributed by atoms with Crippen LogP contribution in [-0.2, 0) is 6.18 Å². The minimum Gasteiger partial charge on any atom is -0.477 e. The third kappa shape index (κ3) is 9.67. The van der Waals surface area contributed by atoms with Gasteiger partial charge in [0.2, 0.25) is 0 Å². The lowest BCUT2D eigenvalue weighted by Gasteiger charge is -2.17. The van der Waals surface area contributed by atoms with Crippen LogP contribution in [0.3, 0.4) is 0 Å². The molecule has 0 saturated heterocycles. The van der Waals surface area contributed by atoms with E-state index in [2.05, 4.69) is 34.4 Å². The molecule has 3 rings (SSSR count). The minimum atomic E-state index is -4.48. The fraction of sp³-hybridized carbons (Fsp3) is 0.346. The van der Waals surface area contributed by atoms with Crippen LogP contribution in [0.5, 0.6) is 0 Å². The molecule has 38 heavy (non-hydrogen) atoms. The van der Waals surface area contributed by atoms with Gasteiger partial charge in [0.05, 0.1) is 11.8 Å². The van der Waals surface area contributed by atoms with Crippen molar-refractivity contribution in [1.82, 2.24) is 9.88 Å². The molecule has 8 nitrogen and oxygen atoms in total. The van der Waals surface area contributed by atoms with E-state index < -0.39 is 23.6 Å². The Morgan fingerprint density at radius 3 is 2.42 bits per heavy atom. The van der Waals surface area contributed by atoms with E-state index in [0.717, 1.165) is 50.3 Å². The molecule has 0 aliphatic carbocycles. The van der Waals surface area contributed by atoms with E-state index in [1.165, 1.54) is 29.7 Å². The van der Waals surface area contributed by atoms with Gasteiger partial charge < -0.3 is 26.4 Å². The maximum Gasteiger partial charge on any atom is 0.416 e. The second kappa shape index (κ2) is 14.3.